The quantitative estimate of drug-likeness (QED) is 0.0417. The van der Waals surface area contributed by atoms with Gasteiger partial charge < -0.3 is 20.3 Å². The number of unbranched alkanes of at least 4 members (excludes halogenated alkanes) is 57. The molecule has 0 rings (SSSR count). The standard InChI is InChI=1S/C71H141NO5/c1-3-5-7-9-11-13-15-17-18-19-20-21-22-24-27-30-33-36-40-43-47-51-55-59-63-69(74)68(67-73)72-70(75)64-60-56-52-48-44-41-37-34-31-28-25-23-26-29-32-35-38-42-46-50-54-58-62-66-77-71(76)65-61-57-53-49-45-39-16-14-12-10-8-6-4-2/h68-69,73-74H,3-67H2,1-2H3,(H,72,75). The van der Waals surface area contributed by atoms with Gasteiger partial charge in [0.15, 0.2) is 0 Å². The third kappa shape index (κ3) is 63.9. The molecule has 2 atom stereocenters. The Bertz CT molecular complexity index is 1120. The molecule has 0 fully saturated rings. The van der Waals surface area contributed by atoms with Crippen molar-refractivity contribution in [2.45, 2.75) is 431 Å². The molecule has 3 N–H and O–H groups in total. The van der Waals surface area contributed by atoms with E-state index >= 15 is 0 Å². The Morgan fingerprint density at radius 1 is 0.312 bits per heavy atom. The van der Waals surface area contributed by atoms with E-state index in [-0.39, 0.29) is 18.5 Å². The van der Waals surface area contributed by atoms with Gasteiger partial charge in [-0.05, 0) is 25.7 Å². The number of amides is 1. The molecule has 0 aliphatic heterocycles. The molecule has 0 radical (unpaired) electrons. The monoisotopic (exact) mass is 1090 g/mol. The van der Waals surface area contributed by atoms with Crippen LogP contribution in [0.2, 0.25) is 0 Å². The summed E-state index contributed by atoms with van der Waals surface area (Å²) in [5.74, 6) is -0.0109. The Hall–Kier alpha value is -1.14. The van der Waals surface area contributed by atoms with E-state index in [1.807, 2.05) is 0 Å². The summed E-state index contributed by atoms with van der Waals surface area (Å²) in [4.78, 5) is 24.6. The number of aliphatic hydroxyl groups is 2. The number of esters is 1. The van der Waals surface area contributed by atoms with Gasteiger partial charge in [-0.1, -0.05) is 380 Å². The average Bonchev–Trinajstić information content (AvgIpc) is 3.43. The van der Waals surface area contributed by atoms with Crippen LogP contribution in [0.1, 0.15) is 418 Å². The maximum atomic E-state index is 12.6. The Morgan fingerprint density at radius 3 is 0.792 bits per heavy atom. The number of rotatable bonds is 68. The summed E-state index contributed by atoms with van der Waals surface area (Å²) in [7, 11) is 0. The zero-order chi connectivity index (χ0) is 55.7. The van der Waals surface area contributed by atoms with Crippen LogP contribution in [0.3, 0.4) is 0 Å². The van der Waals surface area contributed by atoms with Crippen molar-refractivity contribution in [3.05, 3.63) is 0 Å². The van der Waals surface area contributed by atoms with Crippen molar-refractivity contribution in [3.63, 3.8) is 0 Å². The maximum absolute atomic E-state index is 12.6. The van der Waals surface area contributed by atoms with Crippen LogP contribution in [-0.4, -0.2) is 47.4 Å². The summed E-state index contributed by atoms with van der Waals surface area (Å²) in [6, 6.07) is -0.541. The first-order valence-corrected chi connectivity index (χ1v) is 35.8. The van der Waals surface area contributed by atoms with E-state index in [0.29, 0.717) is 25.9 Å². The SMILES string of the molecule is CCCCCCCCCCCCCCCCCCCCCCCCCCC(O)C(CO)NC(=O)CCCCCCCCCCCCCCCCCCCCCCCCCOC(=O)CCCCCCCCCCCCCCC. The van der Waals surface area contributed by atoms with Crippen molar-refractivity contribution >= 4 is 11.9 Å². The Kier molecular flexibility index (Phi) is 66.4. The lowest BCUT2D eigenvalue weighted by molar-refractivity contribution is -0.143. The fourth-order valence-electron chi connectivity index (χ4n) is 11.7. The second-order valence-corrected chi connectivity index (χ2v) is 24.9. The highest BCUT2D eigenvalue weighted by Crippen LogP contribution is 2.20. The van der Waals surface area contributed by atoms with E-state index < -0.39 is 12.1 Å². The zero-order valence-corrected chi connectivity index (χ0v) is 52.7. The van der Waals surface area contributed by atoms with E-state index in [2.05, 4.69) is 19.2 Å². The number of ether oxygens (including phenoxy) is 1. The van der Waals surface area contributed by atoms with Gasteiger partial charge in [0.2, 0.25) is 5.91 Å². The summed E-state index contributed by atoms with van der Waals surface area (Å²) >= 11 is 0. The highest BCUT2D eigenvalue weighted by Gasteiger charge is 2.20. The van der Waals surface area contributed by atoms with Crippen LogP contribution in [-0.2, 0) is 14.3 Å². The molecule has 0 aromatic rings. The molecular formula is C71H141NO5. The first-order valence-electron chi connectivity index (χ1n) is 35.8. The average molecular weight is 1090 g/mol. The molecule has 460 valence electrons. The van der Waals surface area contributed by atoms with Crippen molar-refractivity contribution in [1.29, 1.82) is 0 Å². The highest BCUT2D eigenvalue weighted by molar-refractivity contribution is 5.76. The van der Waals surface area contributed by atoms with E-state index in [0.717, 1.165) is 38.5 Å². The number of hydrogen-bond donors (Lipinski definition) is 3. The van der Waals surface area contributed by atoms with Gasteiger partial charge in [-0.2, -0.15) is 0 Å². The van der Waals surface area contributed by atoms with Crippen LogP contribution in [0.25, 0.3) is 0 Å². The largest absolute Gasteiger partial charge is 0.466 e. The second kappa shape index (κ2) is 67.4. The summed E-state index contributed by atoms with van der Waals surface area (Å²) in [5, 5.41) is 23.4. The number of carbonyl (C=O) groups is 2. The summed E-state index contributed by atoms with van der Waals surface area (Å²) < 4.78 is 5.49. The van der Waals surface area contributed by atoms with Crippen molar-refractivity contribution in [2.75, 3.05) is 13.2 Å². The van der Waals surface area contributed by atoms with Gasteiger partial charge in [0.05, 0.1) is 25.4 Å². The third-order valence-electron chi connectivity index (χ3n) is 17.2. The predicted octanol–water partition coefficient (Wildman–Crippen LogP) is 23.0. The van der Waals surface area contributed by atoms with E-state index in [1.54, 1.807) is 0 Å². The molecule has 6 nitrogen and oxygen atoms in total. The van der Waals surface area contributed by atoms with Gasteiger partial charge in [0.1, 0.15) is 0 Å². The lowest BCUT2D eigenvalue weighted by Crippen LogP contribution is -2.45. The van der Waals surface area contributed by atoms with Crippen LogP contribution >= 0.6 is 0 Å². The van der Waals surface area contributed by atoms with Crippen LogP contribution in [0.4, 0.5) is 0 Å². The minimum atomic E-state index is -0.664. The second-order valence-electron chi connectivity index (χ2n) is 24.9. The predicted molar refractivity (Wildman–Crippen MR) is 338 cm³/mol. The molecule has 0 saturated heterocycles. The topological polar surface area (TPSA) is 95.9 Å². The van der Waals surface area contributed by atoms with Crippen molar-refractivity contribution < 1.29 is 24.5 Å². The number of hydrogen-bond acceptors (Lipinski definition) is 5. The van der Waals surface area contributed by atoms with Crippen LogP contribution in [0, 0.1) is 0 Å². The minimum Gasteiger partial charge on any atom is -0.466 e. The first kappa shape index (κ1) is 75.9. The lowest BCUT2D eigenvalue weighted by Gasteiger charge is -2.22. The van der Waals surface area contributed by atoms with Crippen molar-refractivity contribution in [2.24, 2.45) is 0 Å². The van der Waals surface area contributed by atoms with Crippen molar-refractivity contribution in [3.8, 4) is 0 Å². The number of nitrogens with one attached hydrogen (secondary N) is 1. The molecule has 0 aromatic carbocycles. The zero-order valence-electron chi connectivity index (χ0n) is 52.7. The Balaban J connectivity index is 3.36. The fraction of sp³-hybridized carbons (Fsp3) is 0.972. The lowest BCUT2D eigenvalue weighted by atomic mass is 10.0. The van der Waals surface area contributed by atoms with Gasteiger partial charge in [0, 0.05) is 12.8 Å². The number of aliphatic hydroxyl groups excluding tert-OH is 2. The van der Waals surface area contributed by atoms with Gasteiger partial charge >= 0.3 is 5.97 Å². The van der Waals surface area contributed by atoms with Crippen LogP contribution in [0.15, 0.2) is 0 Å². The summed E-state index contributed by atoms with van der Waals surface area (Å²) in [6.45, 7) is 5.00. The molecule has 0 heterocycles. The first-order chi connectivity index (χ1) is 38.0. The molecule has 0 aliphatic carbocycles. The Labute approximate surface area is 483 Å². The molecule has 0 saturated carbocycles. The van der Waals surface area contributed by atoms with Crippen LogP contribution in [0.5, 0.6) is 0 Å². The molecule has 0 spiro atoms. The maximum Gasteiger partial charge on any atom is 0.305 e. The van der Waals surface area contributed by atoms with Gasteiger partial charge in [-0.25, -0.2) is 0 Å². The van der Waals surface area contributed by atoms with Crippen LogP contribution < -0.4 is 5.32 Å². The molecule has 2 unspecified atom stereocenters. The molecule has 0 aromatic heterocycles. The smallest absolute Gasteiger partial charge is 0.305 e. The highest BCUT2D eigenvalue weighted by atomic mass is 16.5. The summed E-state index contributed by atoms with van der Waals surface area (Å²) in [6.07, 6.45) is 81.5. The number of carbonyl (C=O) groups excluding carboxylic acids is 2. The van der Waals surface area contributed by atoms with Crippen molar-refractivity contribution in [1.82, 2.24) is 5.32 Å². The van der Waals surface area contributed by atoms with E-state index in [4.69, 9.17) is 4.74 Å². The van der Waals surface area contributed by atoms with E-state index in [1.165, 1.54) is 347 Å². The molecule has 1 amide bonds. The van der Waals surface area contributed by atoms with Gasteiger partial charge in [0.25, 0.3) is 0 Å². The van der Waals surface area contributed by atoms with Gasteiger partial charge in [-0.3, -0.25) is 9.59 Å². The van der Waals surface area contributed by atoms with E-state index in [9.17, 15) is 19.8 Å². The fourth-order valence-corrected chi connectivity index (χ4v) is 11.7. The normalized spacial score (nSPS) is 12.4. The molecule has 0 bridgehead atoms. The molecule has 0 aliphatic rings. The van der Waals surface area contributed by atoms with Gasteiger partial charge in [-0.15, -0.1) is 0 Å². The minimum absolute atomic E-state index is 0.0175. The third-order valence-corrected chi connectivity index (χ3v) is 17.2. The molecule has 6 heteroatoms. The molecule has 77 heavy (non-hydrogen) atoms. The molecular weight excluding hydrogens is 947 g/mol. The Morgan fingerprint density at radius 2 is 0.532 bits per heavy atom. The summed E-state index contributed by atoms with van der Waals surface area (Å²) in [5.41, 5.74) is 0.